The molecule has 2 rings (SSSR count). The Hall–Kier alpha value is -2.49. The van der Waals surface area contributed by atoms with Gasteiger partial charge in [-0.1, -0.05) is 32.9 Å². The van der Waals surface area contributed by atoms with Crippen LogP contribution in [0.15, 0.2) is 42.5 Å². The molecule has 0 aromatic heterocycles. The number of nitrogen functional groups attached to an aromatic ring is 1. The summed E-state index contributed by atoms with van der Waals surface area (Å²) in [7, 11) is 0. The number of hydrogen-bond acceptors (Lipinski definition) is 3. The van der Waals surface area contributed by atoms with Crippen LogP contribution >= 0.6 is 0 Å². The Balaban J connectivity index is 2.26. The predicted molar refractivity (Wildman–Crippen MR) is 83.0 cm³/mol. The normalized spacial score (nSPS) is 11.2. The number of hydrogen-bond donors (Lipinski definition) is 2. The number of anilines is 1. The molecule has 3 N–H and O–H groups in total. The summed E-state index contributed by atoms with van der Waals surface area (Å²) >= 11 is 0. The van der Waals surface area contributed by atoms with Crippen LogP contribution < -0.4 is 10.5 Å². The Bertz CT molecular complexity index is 655. The molecule has 0 spiro atoms. The number of carbonyl (C=O) groups is 1. The van der Waals surface area contributed by atoms with Crippen LogP contribution in [0.4, 0.5) is 5.69 Å². The molecule has 0 amide bonds. The number of benzene rings is 2. The van der Waals surface area contributed by atoms with Crippen LogP contribution in [0.5, 0.6) is 11.5 Å². The number of ether oxygens (including phenoxy) is 1. The molecule has 0 atom stereocenters. The second-order valence-corrected chi connectivity index (χ2v) is 5.93. The average molecular weight is 285 g/mol. The Morgan fingerprint density at radius 3 is 2.24 bits per heavy atom. The van der Waals surface area contributed by atoms with Crippen LogP contribution in [0.1, 0.15) is 36.7 Å². The van der Waals surface area contributed by atoms with Gasteiger partial charge in [-0.2, -0.15) is 0 Å². The molecule has 0 fully saturated rings. The van der Waals surface area contributed by atoms with Crippen molar-refractivity contribution in [2.45, 2.75) is 26.2 Å². The zero-order valence-corrected chi connectivity index (χ0v) is 12.4. The summed E-state index contributed by atoms with van der Waals surface area (Å²) in [6.45, 7) is 6.41. The number of aromatic carboxylic acids is 1. The molecular weight excluding hydrogens is 266 g/mol. The SMILES string of the molecule is CC(C)(C)c1ccc(Oc2cc(C(=O)O)ccc2N)cc1. The van der Waals surface area contributed by atoms with E-state index in [2.05, 4.69) is 20.8 Å². The number of carboxylic acid groups (broad SMARTS) is 1. The van der Waals surface area contributed by atoms with E-state index in [1.807, 2.05) is 24.3 Å². The third-order valence-corrected chi connectivity index (χ3v) is 3.21. The molecule has 0 heterocycles. The largest absolute Gasteiger partial charge is 0.478 e. The van der Waals surface area contributed by atoms with E-state index in [1.54, 1.807) is 0 Å². The van der Waals surface area contributed by atoms with Crippen molar-refractivity contribution in [3.05, 3.63) is 53.6 Å². The molecule has 0 unspecified atom stereocenters. The highest BCUT2D eigenvalue weighted by Gasteiger charge is 2.13. The van der Waals surface area contributed by atoms with Crippen LogP contribution in [0.3, 0.4) is 0 Å². The van der Waals surface area contributed by atoms with Gasteiger partial charge in [0.15, 0.2) is 5.75 Å². The Labute approximate surface area is 124 Å². The zero-order chi connectivity index (χ0) is 15.6. The first-order valence-corrected chi connectivity index (χ1v) is 6.68. The number of nitrogens with two attached hydrogens (primary N) is 1. The molecule has 4 heteroatoms. The fourth-order valence-corrected chi connectivity index (χ4v) is 1.91. The summed E-state index contributed by atoms with van der Waals surface area (Å²) in [5.41, 5.74) is 7.63. The molecule has 110 valence electrons. The van der Waals surface area contributed by atoms with Gasteiger partial charge in [-0.15, -0.1) is 0 Å². The van der Waals surface area contributed by atoms with Gasteiger partial charge >= 0.3 is 5.97 Å². The van der Waals surface area contributed by atoms with E-state index < -0.39 is 5.97 Å². The molecule has 21 heavy (non-hydrogen) atoms. The molecular formula is C17H19NO3. The van der Waals surface area contributed by atoms with Crippen molar-refractivity contribution in [1.82, 2.24) is 0 Å². The second-order valence-electron chi connectivity index (χ2n) is 5.93. The van der Waals surface area contributed by atoms with E-state index in [-0.39, 0.29) is 11.0 Å². The second kappa shape index (κ2) is 5.48. The van der Waals surface area contributed by atoms with Crippen molar-refractivity contribution in [2.24, 2.45) is 0 Å². The van der Waals surface area contributed by atoms with Crippen LogP contribution in [0.2, 0.25) is 0 Å². The van der Waals surface area contributed by atoms with Gasteiger partial charge in [0, 0.05) is 0 Å². The highest BCUT2D eigenvalue weighted by Crippen LogP contribution is 2.30. The highest BCUT2D eigenvalue weighted by atomic mass is 16.5. The Kier molecular flexibility index (Phi) is 3.89. The smallest absolute Gasteiger partial charge is 0.335 e. The first-order chi connectivity index (χ1) is 9.77. The van der Waals surface area contributed by atoms with Crippen molar-refractivity contribution in [3.63, 3.8) is 0 Å². The number of rotatable bonds is 3. The van der Waals surface area contributed by atoms with Gasteiger partial charge in [0.25, 0.3) is 0 Å². The summed E-state index contributed by atoms with van der Waals surface area (Å²) in [4.78, 5) is 11.0. The average Bonchev–Trinajstić information content (AvgIpc) is 2.40. The molecule has 0 aliphatic heterocycles. The Morgan fingerprint density at radius 2 is 1.71 bits per heavy atom. The lowest BCUT2D eigenvalue weighted by atomic mass is 9.87. The third kappa shape index (κ3) is 3.54. The van der Waals surface area contributed by atoms with Gasteiger partial charge in [0.1, 0.15) is 5.75 Å². The van der Waals surface area contributed by atoms with Crippen LogP contribution in [-0.4, -0.2) is 11.1 Å². The maximum absolute atomic E-state index is 11.0. The third-order valence-electron chi connectivity index (χ3n) is 3.21. The van der Waals surface area contributed by atoms with E-state index in [0.717, 1.165) is 0 Å². The first kappa shape index (κ1) is 14.9. The van der Waals surface area contributed by atoms with Gasteiger partial charge in [-0.25, -0.2) is 4.79 Å². The monoisotopic (exact) mass is 285 g/mol. The maximum atomic E-state index is 11.0. The lowest BCUT2D eigenvalue weighted by Crippen LogP contribution is -2.10. The molecule has 0 radical (unpaired) electrons. The van der Waals surface area contributed by atoms with Crippen LogP contribution in [0.25, 0.3) is 0 Å². The number of carboxylic acids is 1. The van der Waals surface area contributed by atoms with Gasteiger partial charge < -0.3 is 15.6 Å². The van der Waals surface area contributed by atoms with E-state index in [0.29, 0.717) is 17.2 Å². The fourth-order valence-electron chi connectivity index (χ4n) is 1.91. The fraction of sp³-hybridized carbons (Fsp3) is 0.235. The molecule has 2 aromatic rings. The van der Waals surface area contributed by atoms with Crippen molar-refractivity contribution in [3.8, 4) is 11.5 Å². The lowest BCUT2D eigenvalue weighted by molar-refractivity contribution is 0.0696. The van der Waals surface area contributed by atoms with Crippen molar-refractivity contribution in [2.75, 3.05) is 5.73 Å². The van der Waals surface area contributed by atoms with Gasteiger partial charge in [-0.05, 0) is 41.3 Å². The zero-order valence-electron chi connectivity index (χ0n) is 12.4. The molecule has 4 nitrogen and oxygen atoms in total. The van der Waals surface area contributed by atoms with Crippen molar-refractivity contribution >= 4 is 11.7 Å². The van der Waals surface area contributed by atoms with E-state index in [4.69, 9.17) is 15.6 Å². The van der Waals surface area contributed by atoms with Crippen LogP contribution in [-0.2, 0) is 5.41 Å². The minimum Gasteiger partial charge on any atom is -0.478 e. The lowest BCUT2D eigenvalue weighted by Gasteiger charge is -2.19. The minimum atomic E-state index is -1.01. The molecule has 2 aromatic carbocycles. The summed E-state index contributed by atoms with van der Waals surface area (Å²) < 4.78 is 5.68. The molecule has 0 saturated heterocycles. The molecule has 0 aliphatic rings. The summed E-state index contributed by atoms with van der Waals surface area (Å²) in [6, 6.07) is 12.1. The summed E-state index contributed by atoms with van der Waals surface area (Å²) in [5, 5.41) is 9.00. The van der Waals surface area contributed by atoms with E-state index in [1.165, 1.54) is 23.8 Å². The minimum absolute atomic E-state index is 0.0702. The quantitative estimate of drug-likeness (QED) is 0.834. The molecule has 0 aliphatic carbocycles. The topological polar surface area (TPSA) is 72.5 Å². The Morgan fingerprint density at radius 1 is 1.10 bits per heavy atom. The maximum Gasteiger partial charge on any atom is 0.335 e. The van der Waals surface area contributed by atoms with Gasteiger partial charge in [0.2, 0.25) is 0 Å². The van der Waals surface area contributed by atoms with E-state index >= 15 is 0 Å². The predicted octanol–water partition coefficient (Wildman–Crippen LogP) is 4.06. The standard InChI is InChI=1S/C17H19NO3/c1-17(2,3)12-5-7-13(8-6-12)21-15-10-11(16(19)20)4-9-14(15)18/h4-10H,18H2,1-3H3,(H,19,20). The van der Waals surface area contributed by atoms with Crippen molar-refractivity contribution < 1.29 is 14.6 Å². The van der Waals surface area contributed by atoms with E-state index in [9.17, 15) is 4.79 Å². The first-order valence-electron chi connectivity index (χ1n) is 6.68. The molecule has 0 saturated carbocycles. The highest BCUT2D eigenvalue weighted by molar-refractivity contribution is 5.89. The van der Waals surface area contributed by atoms with Gasteiger partial charge in [-0.3, -0.25) is 0 Å². The molecule has 0 bridgehead atoms. The summed E-state index contributed by atoms with van der Waals surface area (Å²) in [5.74, 6) is -0.0430. The van der Waals surface area contributed by atoms with Crippen molar-refractivity contribution in [1.29, 1.82) is 0 Å². The van der Waals surface area contributed by atoms with Crippen LogP contribution in [0, 0.1) is 0 Å². The van der Waals surface area contributed by atoms with Gasteiger partial charge in [0.05, 0.1) is 11.3 Å². The summed E-state index contributed by atoms with van der Waals surface area (Å²) in [6.07, 6.45) is 0.